The predicted octanol–water partition coefficient (Wildman–Crippen LogP) is 7.12. The Kier molecular flexibility index (Phi) is 25.8. The lowest BCUT2D eigenvalue weighted by molar-refractivity contribution is -0.129. The van der Waals surface area contributed by atoms with Crippen LogP contribution in [0.5, 0.6) is 0 Å². The zero-order valence-electron chi connectivity index (χ0n) is 24.5. The minimum atomic E-state index is -0.645. The zero-order chi connectivity index (χ0) is 27.4. The van der Waals surface area contributed by atoms with Crippen LogP contribution in [0.4, 0.5) is 0 Å². The molecule has 0 radical (unpaired) electrons. The Bertz CT molecular complexity index is 592. The molecule has 216 valence electrons. The molecule has 0 spiro atoms. The van der Waals surface area contributed by atoms with Gasteiger partial charge in [-0.25, -0.2) is 0 Å². The van der Waals surface area contributed by atoms with Crippen LogP contribution < -0.4 is 16.0 Å². The second-order valence-corrected chi connectivity index (χ2v) is 10.3. The highest BCUT2D eigenvalue weighted by Crippen LogP contribution is 2.12. The normalized spacial score (nSPS) is 12.0. The van der Waals surface area contributed by atoms with E-state index >= 15 is 0 Å². The van der Waals surface area contributed by atoms with Crippen molar-refractivity contribution in [3.8, 4) is 0 Å². The van der Waals surface area contributed by atoms with Gasteiger partial charge in [0.1, 0.15) is 6.04 Å². The van der Waals surface area contributed by atoms with Gasteiger partial charge in [0, 0.05) is 25.9 Å². The molecule has 0 heterocycles. The Morgan fingerprint density at radius 2 is 1.11 bits per heavy atom. The molecule has 0 aromatic rings. The smallest absolute Gasteiger partial charge is 0.242 e. The van der Waals surface area contributed by atoms with Crippen molar-refractivity contribution in [3.63, 3.8) is 0 Å². The van der Waals surface area contributed by atoms with Gasteiger partial charge in [-0.3, -0.25) is 14.4 Å². The van der Waals surface area contributed by atoms with Crippen LogP contribution in [0.3, 0.4) is 0 Å². The lowest BCUT2D eigenvalue weighted by atomic mass is 10.0. The molecule has 0 saturated heterocycles. The van der Waals surface area contributed by atoms with E-state index in [1.54, 1.807) is 0 Å². The molecule has 0 rings (SSSR count). The van der Waals surface area contributed by atoms with Gasteiger partial charge in [-0.2, -0.15) is 0 Å². The molecule has 0 aliphatic carbocycles. The molecule has 0 aromatic carbocycles. The van der Waals surface area contributed by atoms with Crippen molar-refractivity contribution >= 4 is 17.7 Å². The van der Waals surface area contributed by atoms with Crippen molar-refractivity contribution in [1.82, 2.24) is 16.0 Å². The molecule has 6 nitrogen and oxygen atoms in total. The van der Waals surface area contributed by atoms with Gasteiger partial charge in [0.15, 0.2) is 0 Å². The summed E-state index contributed by atoms with van der Waals surface area (Å²) in [4.78, 5) is 37.1. The molecule has 1 atom stereocenters. The van der Waals surface area contributed by atoms with Gasteiger partial charge >= 0.3 is 0 Å². The fraction of sp³-hybridized carbons (Fsp3) is 0.839. The number of amides is 3. The van der Waals surface area contributed by atoms with Gasteiger partial charge < -0.3 is 16.0 Å². The second kappa shape index (κ2) is 27.2. The van der Waals surface area contributed by atoms with Crippen molar-refractivity contribution in [1.29, 1.82) is 0 Å². The Labute approximate surface area is 228 Å². The van der Waals surface area contributed by atoms with Crippen LogP contribution in [-0.4, -0.2) is 36.9 Å². The molecule has 0 aliphatic heterocycles. The van der Waals surface area contributed by atoms with Crippen LogP contribution in [0.1, 0.15) is 149 Å². The Hall–Kier alpha value is -1.85. The first-order chi connectivity index (χ1) is 18.0. The summed E-state index contributed by atoms with van der Waals surface area (Å²) >= 11 is 0. The molecule has 0 bridgehead atoms. The third-order valence-corrected chi connectivity index (χ3v) is 6.64. The standard InChI is InChI=1S/C31H59N3O3/c1-4-7-10-11-12-13-14-15-16-17-18-19-20-21-22-23-30(36)34-28(31(37)33-27-9-6-3)24-25-29(35)32-26-8-5-2/h10-11,28H,4-9,12-27H2,1-3H3,(H,32,35)(H,33,37)(H,34,36)/b11-10+/t28-/m0/s1. The summed E-state index contributed by atoms with van der Waals surface area (Å²) in [6.07, 6.45) is 25.4. The molecule has 37 heavy (non-hydrogen) atoms. The topological polar surface area (TPSA) is 87.3 Å². The lowest BCUT2D eigenvalue weighted by Crippen LogP contribution is -2.47. The van der Waals surface area contributed by atoms with Gasteiger partial charge in [0.05, 0.1) is 0 Å². The molecule has 0 aromatic heterocycles. The van der Waals surface area contributed by atoms with Crippen LogP contribution in [0, 0.1) is 0 Å². The summed E-state index contributed by atoms with van der Waals surface area (Å²) in [7, 11) is 0. The van der Waals surface area contributed by atoms with Crippen LogP contribution in [0.25, 0.3) is 0 Å². The van der Waals surface area contributed by atoms with E-state index in [1.807, 2.05) is 0 Å². The zero-order valence-corrected chi connectivity index (χ0v) is 24.5. The summed E-state index contributed by atoms with van der Waals surface area (Å²) < 4.78 is 0. The number of hydrogen-bond donors (Lipinski definition) is 3. The highest BCUT2D eigenvalue weighted by Gasteiger charge is 2.21. The quantitative estimate of drug-likeness (QED) is 0.0836. The third-order valence-electron chi connectivity index (χ3n) is 6.64. The van der Waals surface area contributed by atoms with E-state index in [2.05, 4.69) is 48.9 Å². The maximum atomic E-state index is 12.6. The van der Waals surface area contributed by atoms with Gasteiger partial charge in [0.25, 0.3) is 0 Å². The molecule has 0 fully saturated rings. The molecule has 6 heteroatoms. The largest absolute Gasteiger partial charge is 0.356 e. The number of nitrogens with one attached hydrogen (secondary N) is 3. The molecule has 3 N–H and O–H groups in total. The summed E-state index contributed by atoms with van der Waals surface area (Å²) in [5.74, 6) is -0.337. The van der Waals surface area contributed by atoms with E-state index in [9.17, 15) is 14.4 Å². The summed E-state index contributed by atoms with van der Waals surface area (Å²) in [5.41, 5.74) is 0. The summed E-state index contributed by atoms with van der Waals surface area (Å²) in [6.45, 7) is 7.62. The van der Waals surface area contributed by atoms with Gasteiger partial charge in [-0.1, -0.05) is 104 Å². The molecule has 0 aliphatic rings. The Morgan fingerprint density at radius 3 is 1.70 bits per heavy atom. The predicted molar refractivity (Wildman–Crippen MR) is 156 cm³/mol. The van der Waals surface area contributed by atoms with E-state index in [4.69, 9.17) is 0 Å². The first-order valence-electron chi connectivity index (χ1n) is 15.5. The third kappa shape index (κ3) is 24.3. The molecule has 0 unspecified atom stereocenters. The van der Waals surface area contributed by atoms with E-state index in [0.29, 0.717) is 25.9 Å². The maximum absolute atomic E-state index is 12.6. The van der Waals surface area contributed by atoms with Gasteiger partial charge in [-0.05, 0) is 44.9 Å². The van der Waals surface area contributed by atoms with Gasteiger partial charge in [0.2, 0.25) is 17.7 Å². The number of unbranched alkanes of at least 4 members (excludes halogenated alkanes) is 13. The van der Waals surface area contributed by atoms with Crippen molar-refractivity contribution in [3.05, 3.63) is 12.2 Å². The minimum Gasteiger partial charge on any atom is -0.356 e. The second-order valence-electron chi connectivity index (χ2n) is 10.3. The van der Waals surface area contributed by atoms with E-state index in [1.165, 1.54) is 64.2 Å². The van der Waals surface area contributed by atoms with Gasteiger partial charge in [-0.15, -0.1) is 0 Å². The number of carbonyl (C=O) groups excluding carboxylic acids is 3. The van der Waals surface area contributed by atoms with Crippen LogP contribution in [0.2, 0.25) is 0 Å². The molecule has 3 amide bonds. The van der Waals surface area contributed by atoms with E-state index in [0.717, 1.165) is 44.9 Å². The number of allylic oxidation sites excluding steroid dienone is 2. The highest BCUT2D eigenvalue weighted by atomic mass is 16.2. The number of hydrogen-bond acceptors (Lipinski definition) is 3. The first-order valence-corrected chi connectivity index (χ1v) is 15.5. The van der Waals surface area contributed by atoms with Crippen molar-refractivity contribution in [2.75, 3.05) is 13.1 Å². The van der Waals surface area contributed by atoms with Crippen LogP contribution in [0.15, 0.2) is 12.2 Å². The van der Waals surface area contributed by atoms with Crippen molar-refractivity contribution in [2.24, 2.45) is 0 Å². The van der Waals surface area contributed by atoms with Crippen molar-refractivity contribution in [2.45, 2.75) is 155 Å². The van der Waals surface area contributed by atoms with E-state index in [-0.39, 0.29) is 24.1 Å². The number of carbonyl (C=O) groups is 3. The Morgan fingerprint density at radius 1 is 0.568 bits per heavy atom. The fourth-order valence-electron chi connectivity index (χ4n) is 4.18. The van der Waals surface area contributed by atoms with E-state index < -0.39 is 6.04 Å². The maximum Gasteiger partial charge on any atom is 0.242 e. The fourth-order valence-corrected chi connectivity index (χ4v) is 4.18. The SMILES string of the molecule is CCC/C=C/CCCCCCCCCCCCC(=O)N[C@@H](CCC(=O)NCCCC)C(=O)NCCCC. The Balaban J connectivity index is 3.99. The van der Waals surface area contributed by atoms with Crippen LogP contribution in [-0.2, 0) is 14.4 Å². The first kappa shape index (κ1) is 35.2. The molecule has 0 saturated carbocycles. The lowest BCUT2D eigenvalue weighted by Gasteiger charge is -2.18. The average molecular weight is 522 g/mol. The highest BCUT2D eigenvalue weighted by molar-refractivity contribution is 5.88. The molecular formula is C31H59N3O3. The minimum absolute atomic E-state index is 0.0615. The summed E-state index contributed by atoms with van der Waals surface area (Å²) in [5, 5.41) is 8.66. The summed E-state index contributed by atoms with van der Waals surface area (Å²) in [6, 6.07) is -0.645. The average Bonchev–Trinajstić information content (AvgIpc) is 2.89. The molecular weight excluding hydrogens is 462 g/mol. The number of rotatable bonds is 26. The monoisotopic (exact) mass is 521 g/mol. The van der Waals surface area contributed by atoms with Crippen molar-refractivity contribution < 1.29 is 14.4 Å². The van der Waals surface area contributed by atoms with Crippen LogP contribution >= 0.6 is 0 Å².